The van der Waals surface area contributed by atoms with E-state index in [0.717, 1.165) is 16.8 Å². The molecule has 0 unspecified atom stereocenters. The van der Waals surface area contributed by atoms with Crippen LogP contribution in [0.3, 0.4) is 0 Å². The number of nitrogens with zero attached hydrogens (tertiary/aromatic N) is 4. The summed E-state index contributed by atoms with van der Waals surface area (Å²) in [6.07, 6.45) is -3.18. The third-order valence-corrected chi connectivity index (χ3v) is 7.09. The van der Waals surface area contributed by atoms with E-state index >= 15 is 0 Å². The highest BCUT2D eigenvalue weighted by atomic mass is 127. The third kappa shape index (κ3) is 5.99. The number of benzene rings is 4. The average Bonchev–Trinajstić information content (AvgIpc) is 2.99. The van der Waals surface area contributed by atoms with Crippen LogP contribution >= 0.6 is 22.6 Å². The van der Waals surface area contributed by atoms with Crippen molar-refractivity contribution in [1.29, 1.82) is 5.26 Å². The van der Waals surface area contributed by atoms with Gasteiger partial charge in [0, 0.05) is 11.1 Å². The number of alkyl halides is 3. The minimum absolute atomic E-state index is 0.0428. The zero-order valence-electron chi connectivity index (χ0n) is 21.9. The van der Waals surface area contributed by atoms with E-state index < -0.39 is 17.3 Å². The van der Waals surface area contributed by atoms with Crippen LogP contribution in [0.1, 0.15) is 22.3 Å². The molecule has 0 saturated heterocycles. The van der Waals surface area contributed by atoms with Gasteiger partial charge in [-0.3, -0.25) is 4.79 Å². The number of hydrogen-bond acceptors (Lipinski definition) is 6. The lowest BCUT2D eigenvalue weighted by Gasteiger charge is -2.14. The first kappa shape index (κ1) is 28.8. The molecule has 5 aromatic rings. The smallest absolute Gasteiger partial charge is 0.416 e. The lowest BCUT2D eigenvalue weighted by atomic mass is 10.1. The average molecular weight is 680 g/mol. The van der Waals surface area contributed by atoms with Crippen molar-refractivity contribution in [3.63, 3.8) is 0 Å². The molecule has 0 aliphatic carbocycles. The molecule has 0 spiro atoms. The lowest BCUT2D eigenvalue weighted by molar-refractivity contribution is -0.137. The molecule has 11 heteroatoms. The fourth-order valence-electron chi connectivity index (χ4n) is 4.24. The van der Waals surface area contributed by atoms with E-state index in [1.165, 1.54) is 25.5 Å². The number of para-hydroxylation sites is 1. The van der Waals surface area contributed by atoms with E-state index in [9.17, 15) is 23.2 Å². The zero-order chi connectivity index (χ0) is 29.9. The molecule has 0 N–H and O–H groups in total. The first-order chi connectivity index (χ1) is 20.2. The van der Waals surface area contributed by atoms with Crippen LogP contribution in [0.2, 0.25) is 0 Å². The van der Waals surface area contributed by atoms with E-state index in [-0.39, 0.29) is 23.4 Å². The molecule has 5 rings (SSSR count). The summed E-state index contributed by atoms with van der Waals surface area (Å²) in [4.78, 5) is 17.9. The van der Waals surface area contributed by atoms with Crippen LogP contribution in [0, 0.1) is 14.9 Å². The van der Waals surface area contributed by atoms with Crippen LogP contribution < -0.4 is 15.0 Å². The summed E-state index contributed by atoms with van der Waals surface area (Å²) >= 11 is 2.08. The molecule has 42 heavy (non-hydrogen) atoms. The summed E-state index contributed by atoms with van der Waals surface area (Å²) < 4.78 is 53.6. The number of fused-ring (bicyclic) bond motifs is 1. The van der Waals surface area contributed by atoms with Gasteiger partial charge in [0.05, 0.1) is 45.0 Å². The number of hydrogen-bond donors (Lipinski definition) is 0. The Balaban J connectivity index is 1.55. The number of halogens is 4. The quantitative estimate of drug-likeness (QED) is 0.136. The minimum Gasteiger partial charge on any atom is -0.493 e. The van der Waals surface area contributed by atoms with Crippen LogP contribution in [0.5, 0.6) is 11.5 Å². The molecule has 210 valence electrons. The molecule has 0 bridgehead atoms. The highest BCUT2D eigenvalue weighted by Gasteiger charge is 2.31. The molecule has 7 nitrogen and oxygen atoms in total. The van der Waals surface area contributed by atoms with Gasteiger partial charge in [0.1, 0.15) is 6.61 Å². The fraction of sp³-hybridized carbons (Fsp3) is 0.0968. The number of ether oxygens (including phenoxy) is 2. The summed E-state index contributed by atoms with van der Waals surface area (Å²) in [6, 6.07) is 23.8. The van der Waals surface area contributed by atoms with Gasteiger partial charge >= 0.3 is 6.18 Å². The van der Waals surface area contributed by atoms with Gasteiger partial charge in [0.15, 0.2) is 17.3 Å². The molecule has 0 amide bonds. The van der Waals surface area contributed by atoms with Gasteiger partial charge in [-0.25, -0.2) is 4.98 Å². The number of aromatic nitrogens is 2. The summed E-state index contributed by atoms with van der Waals surface area (Å²) in [5.74, 6) is 0.802. The fourth-order valence-corrected chi connectivity index (χ4v) is 5.02. The Bertz CT molecular complexity index is 1930. The van der Waals surface area contributed by atoms with Gasteiger partial charge in [-0.05, 0) is 70.6 Å². The van der Waals surface area contributed by atoms with Crippen molar-refractivity contribution in [3.8, 4) is 29.0 Å². The first-order valence-electron chi connectivity index (χ1n) is 12.4. The van der Waals surface area contributed by atoms with Crippen molar-refractivity contribution in [2.45, 2.75) is 12.8 Å². The molecule has 0 aliphatic rings. The molecule has 1 aromatic heterocycles. The Morgan fingerprint density at radius 2 is 1.81 bits per heavy atom. The maximum Gasteiger partial charge on any atom is 0.416 e. The molecule has 0 radical (unpaired) electrons. The largest absolute Gasteiger partial charge is 0.493 e. The molecule has 0 aliphatic heterocycles. The Kier molecular flexibility index (Phi) is 8.26. The minimum atomic E-state index is -4.57. The molecular weight excluding hydrogens is 660 g/mol. The van der Waals surface area contributed by atoms with Crippen molar-refractivity contribution in [1.82, 2.24) is 9.66 Å². The predicted octanol–water partition coefficient (Wildman–Crippen LogP) is 7.03. The highest BCUT2D eigenvalue weighted by molar-refractivity contribution is 14.1. The highest BCUT2D eigenvalue weighted by Crippen LogP contribution is 2.35. The molecule has 0 saturated carbocycles. The molecular formula is C31H20F3IN4O3. The summed E-state index contributed by atoms with van der Waals surface area (Å²) in [5.41, 5.74) is 0.758. The van der Waals surface area contributed by atoms with Gasteiger partial charge in [-0.15, -0.1) is 0 Å². The Morgan fingerprint density at radius 1 is 1.05 bits per heavy atom. The predicted molar refractivity (Wildman–Crippen MR) is 161 cm³/mol. The Hall–Kier alpha value is -4.70. The topological polar surface area (TPSA) is 89.5 Å². The van der Waals surface area contributed by atoms with Crippen molar-refractivity contribution in [2.75, 3.05) is 7.11 Å². The number of rotatable bonds is 7. The molecule has 0 atom stereocenters. The van der Waals surface area contributed by atoms with E-state index in [4.69, 9.17) is 9.47 Å². The second-order valence-electron chi connectivity index (χ2n) is 8.98. The molecule has 0 fully saturated rings. The summed E-state index contributed by atoms with van der Waals surface area (Å²) in [6.45, 7) is 0.141. The monoisotopic (exact) mass is 680 g/mol. The van der Waals surface area contributed by atoms with Gasteiger partial charge in [-0.1, -0.05) is 42.5 Å². The maximum absolute atomic E-state index is 13.5. The second-order valence-corrected chi connectivity index (χ2v) is 10.1. The molecule has 1 heterocycles. The van der Waals surface area contributed by atoms with E-state index in [0.29, 0.717) is 37.3 Å². The van der Waals surface area contributed by atoms with Gasteiger partial charge in [0.25, 0.3) is 5.56 Å². The van der Waals surface area contributed by atoms with E-state index in [1.54, 1.807) is 54.6 Å². The van der Waals surface area contributed by atoms with E-state index in [1.807, 2.05) is 6.07 Å². The standard InChI is InChI=1S/C31H20F3IN4O3/c1-41-27-14-19(13-25(35)28(27)42-18-22-8-3-2-7-21(22)16-36)17-37-39-29(20-9-6-10-23(15-20)31(32,33)34)38-26-12-5-4-11-24(26)30(39)40/h2-15,17H,18H2,1H3. The second kappa shape index (κ2) is 12.0. The van der Waals surface area contributed by atoms with Gasteiger partial charge in [-0.2, -0.15) is 28.2 Å². The zero-order valence-corrected chi connectivity index (χ0v) is 24.1. The third-order valence-electron chi connectivity index (χ3n) is 6.29. The first-order valence-corrected chi connectivity index (χ1v) is 13.5. The SMILES string of the molecule is COc1cc(C=Nn2c(-c3cccc(C(F)(F)F)c3)nc3ccccc3c2=O)cc(I)c1OCc1ccccc1C#N. The van der Waals surface area contributed by atoms with Crippen molar-refractivity contribution >= 4 is 39.7 Å². The summed E-state index contributed by atoms with van der Waals surface area (Å²) in [7, 11) is 1.48. The van der Waals surface area contributed by atoms with Crippen LogP contribution in [0.4, 0.5) is 13.2 Å². The van der Waals surface area contributed by atoms with Crippen LogP contribution in [-0.4, -0.2) is 23.0 Å². The normalized spacial score (nSPS) is 11.5. The summed E-state index contributed by atoms with van der Waals surface area (Å²) in [5, 5.41) is 14.0. The Labute approximate surface area is 251 Å². The number of nitriles is 1. The lowest BCUT2D eigenvalue weighted by Crippen LogP contribution is -2.20. The van der Waals surface area contributed by atoms with Crippen molar-refractivity contribution in [3.05, 3.63) is 121 Å². The van der Waals surface area contributed by atoms with Crippen molar-refractivity contribution in [2.24, 2.45) is 5.10 Å². The van der Waals surface area contributed by atoms with Gasteiger partial charge < -0.3 is 9.47 Å². The van der Waals surface area contributed by atoms with Crippen molar-refractivity contribution < 1.29 is 22.6 Å². The van der Waals surface area contributed by atoms with E-state index in [2.05, 4.69) is 38.7 Å². The molecule has 4 aromatic carbocycles. The maximum atomic E-state index is 13.5. The van der Waals surface area contributed by atoms with Crippen LogP contribution in [-0.2, 0) is 12.8 Å². The Morgan fingerprint density at radius 3 is 2.57 bits per heavy atom. The van der Waals surface area contributed by atoms with Gasteiger partial charge in [0.2, 0.25) is 0 Å². The van der Waals surface area contributed by atoms with Crippen LogP contribution in [0.25, 0.3) is 22.3 Å². The number of methoxy groups -OCH3 is 1. The van der Waals surface area contributed by atoms with Crippen LogP contribution in [0.15, 0.2) is 94.8 Å².